The fourth-order valence-electron chi connectivity index (χ4n) is 3.11. The summed E-state index contributed by atoms with van der Waals surface area (Å²) in [5.41, 5.74) is 2.28. The minimum atomic E-state index is -0.300. The quantitative estimate of drug-likeness (QED) is 0.366. The molecule has 1 fully saturated rings. The number of aliphatic imine (C=N–C) groups is 1. The van der Waals surface area contributed by atoms with E-state index < -0.39 is 0 Å². The van der Waals surface area contributed by atoms with Crippen molar-refractivity contribution in [2.75, 3.05) is 14.2 Å². The van der Waals surface area contributed by atoms with Gasteiger partial charge >= 0.3 is 0 Å². The zero-order valence-electron chi connectivity index (χ0n) is 18.3. The Morgan fingerprint density at radius 2 is 1.79 bits per heavy atom. The second-order valence-corrected chi connectivity index (χ2v) is 9.01. The molecule has 1 aliphatic heterocycles. The van der Waals surface area contributed by atoms with Gasteiger partial charge in [-0.15, -0.1) is 0 Å². The molecule has 1 heterocycles. The third-order valence-electron chi connectivity index (χ3n) is 4.80. The van der Waals surface area contributed by atoms with Gasteiger partial charge in [-0.3, -0.25) is 4.79 Å². The maximum atomic E-state index is 13.1. The first kappa shape index (κ1) is 23.8. The number of halogens is 2. The van der Waals surface area contributed by atoms with Crippen molar-refractivity contribution in [3.8, 4) is 17.2 Å². The monoisotopic (exact) mass is 542 g/mol. The summed E-state index contributed by atoms with van der Waals surface area (Å²) < 4.78 is 30.3. The second-order valence-electron chi connectivity index (χ2n) is 7.13. The highest BCUT2D eigenvalue weighted by atomic mass is 79.9. The van der Waals surface area contributed by atoms with E-state index in [-0.39, 0.29) is 18.3 Å². The molecule has 6 nitrogen and oxygen atoms in total. The molecule has 0 radical (unpaired) electrons. The summed E-state index contributed by atoms with van der Waals surface area (Å²) in [6, 6.07) is 17.0. The smallest absolute Gasteiger partial charge is 0.264 e. The minimum absolute atomic E-state index is 0.232. The molecule has 0 aromatic heterocycles. The maximum Gasteiger partial charge on any atom is 0.264 e. The molecule has 0 unspecified atom stereocenters. The Labute approximate surface area is 209 Å². The number of methoxy groups -OCH3 is 2. The van der Waals surface area contributed by atoms with E-state index in [0.717, 1.165) is 16.9 Å². The molecule has 174 valence electrons. The Bertz CT molecular complexity index is 1260. The number of thioether (sulfide) groups is 1. The van der Waals surface area contributed by atoms with Crippen LogP contribution in [0.2, 0.25) is 0 Å². The molecule has 0 spiro atoms. The number of carbonyl (C=O) groups excluding carboxylic acids is 1. The van der Waals surface area contributed by atoms with Crippen molar-refractivity contribution >= 4 is 50.5 Å². The summed E-state index contributed by atoms with van der Waals surface area (Å²) in [7, 11) is 3.14. The number of nitrogens with zero attached hydrogens (tertiary/aromatic N) is 1. The lowest BCUT2D eigenvalue weighted by Gasteiger charge is -2.14. The van der Waals surface area contributed by atoms with Crippen LogP contribution in [0, 0.1) is 5.82 Å². The highest BCUT2D eigenvalue weighted by Crippen LogP contribution is 2.39. The molecule has 0 bridgehead atoms. The van der Waals surface area contributed by atoms with Crippen molar-refractivity contribution in [2.24, 2.45) is 4.99 Å². The van der Waals surface area contributed by atoms with Gasteiger partial charge in [0.15, 0.2) is 16.7 Å². The lowest BCUT2D eigenvalue weighted by molar-refractivity contribution is -0.115. The molecule has 1 amide bonds. The van der Waals surface area contributed by atoms with E-state index in [0.29, 0.717) is 31.7 Å². The van der Waals surface area contributed by atoms with Crippen LogP contribution in [0.15, 0.2) is 75.0 Å². The highest BCUT2D eigenvalue weighted by Gasteiger charge is 2.24. The van der Waals surface area contributed by atoms with E-state index in [2.05, 4.69) is 26.2 Å². The highest BCUT2D eigenvalue weighted by molar-refractivity contribution is 9.10. The standard InChI is InChI=1S/C25H20BrFN2O4S/c1-31-19-9-7-18(8-10-19)28-25-29-24(30)22(34-25)13-16-11-20(26)23(21(12-16)32-2)33-14-15-3-5-17(27)6-4-15/h3-13H,14H2,1-2H3,(H,28,29,30)/b22-13-. The van der Waals surface area contributed by atoms with Crippen molar-refractivity contribution in [2.45, 2.75) is 6.61 Å². The van der Waals surface area contributed by atoms with Crippen molar-refractivity contribution in [1.82, 2.24) is 5.32 Å². The Balaban J connectivity index is 1.51. The summed E-state index contributed by atoms with van der Waals surface area (Å²) in [6.07, 6.45) is 1.76. The number of benzene rings is 3. The van der Waals surface area contributed by atoms with Gasteiger partial charge in [-0.1, -0.05) is 12.1 Å². The number of rotatable bonds is 7. The van der Waals surface area contributed by atoms with Crippen LogP contribution in [-0.4, -0.2) is 25.3 Å². The van der Waals surface area contributed by atoms with Gasteiger partial charge in [0.05, 0.1) is 29.3 Å². The van der Waals surface area contributed by atoms with Crippen LogP contribution in [0.3, 0.4) is 0 Å². The van der Waals surface area contributed by atoms with Gasteiger partial charge in [-0.25, -0.2) is 9.38 Å². The fraction of sp³-hybridized carbons (Fsp3) is 0.120. The van der Waals surface area contributed by atoms with E-state index in [1.807, 2.05) is 18.2 Å². The molecule has 0 saturated carbocycles. The van der Waals surface area contributed by atoms with Gasteiger partial charge in [0.25, 0.3) is 5.91 Å². The van der Waals surface area contributed by atoms with Gasteiger partial charge in [-0.05, 0) is 93.4 Å². The predicted octanol–water partition coefficient (Wildman–Crippen LogP) is 6.08. The van der Waals surface area contributed by atoms with Gasteiger partial charge in [0.1, 0.15) is 18.2 Å². The fourth-order valence-corrected chi connectivity index (χ4v) is 4.52. The molecular weight excluding hydrogens is 523 g/mol. The van der Waals surface area contributed by atoms with Crippen LogP contribution in [0.25, 0.3) is 6.08 Å². The lowest BCUT2D eigenvalue weighted by atomic mass is 10.2. The van der Waals surface area contributed by atoms with Crippen LogP contribution in [0.1, 0.15) is 11.1 Å². The Kier molecular flexibility index (Phi) is 7.54. The van der Waals surface area contributed by atoms with Gasteiger partial charge < -0.3 is 19.5 Å². The Morgan fingerprint density at radius 3 is 2.47 bits per heavy atom. The van der Waals surface area contributed by atoms with Crippen molar-refractivity contribution < 1.29 is 23.4 Å². The van der Waals surface area contributed by atoms with E-state index in [1.165, 1.54) is 23.9 Å². The summed E-state index contributed by atoms with van der Waals surface area (Å²) in [4.78, 5) is 17.4. The van der Waals surface area contributed by atoms with E-state index in [4.69, 9.17) is 14.2 Å². The molecule has 1 aliphatic rings. The SMILES string of the molecule is COc1ccc(N=C2NC(=O)/C(=C/c3cc(Br)c(OCc4ccc(F)cc4)c(OC)c3)S2)cc1. The molecule has 1 N–H and O–H groups in total. The van der Waals surface area contributed by atoms with E-state index in [9.17, 15) is 9.18 Å². The zero-order valence-corrected chi connectivity index (χ0v) is 20.7. The Hall–Kier alpha value is -3.30. The number of nitrogens with one attached hydrogen (secondary N) is 1. The average Bonchev–Trinajstić information content (AvgIpc) is 3.17. The van der Waals surface area contributed by atoms with Crippen molar-refractivity contribution in [1.29, 1.82) is 0 Å². The summed E-state index contributed by atoms with van der Waals surface area (Å²) in [5.74, 6) is 1.21. The zero-order chi connectivity index (χ0) is 24.1. The number of ether oxygens (including phenoxy) is 3. The first-order chi connectivity index (χ1) is 16.4. The number of carbonyl (C=O) groups is 1. The third-order valence-corrected chi connectivity index (χ3v) is 6.30. The molecule has 34 heavy (non-hydrogen) atoms. The van der Waals surface area contributed by atoms with Crippen LogP contribution < -0.4 is 19.5 Å². The number of hydrogen-bond donors (Lipinski definition) is 1. The van der Waals surface area contributed by atoms with Crippen LogP contribution in [0.5, 0.6) is 17.2 Å². The second kappa shape index (κ2) is 10.8. The Morgan fingerprint density at radius 1 is 1.06 bits per heavy atom. The normalized spacial score (nSPS) is 15.5. The first-order valence-electron chi connectivity index (χ1n) is 10.1. The lowest BCUT2D eigenvalue weighted by Crippen LogP contribution is -2.19. The predicted molar refractivity (Wildman–Crippen MR) is 135 cm³/mol. The van der Waals surface area contributed by atoms with Crippen molar-refractivity contribution in [3.05, 3.63) is 87.0 Å². The molecule has 3 aromatic rings. The molecule has 4 rings (SSSR count). The third kappa shape index (κ3) is 5.78. The summed E-state index contributed by atoms with van der Waals surface area (Å²) in [6.45, 7) is 0.249. The van der Waals surface area contributed by atoms with Crippen molar-refractivity contribution in [3.63, 3.8) is 0 Å². The molecule has 9 heteroatoms. The van der Waals surface area contributed by atoms with Gasteiger partial charge in [0, 0.05) is 0 Å². The number of amides is 1. The average molecular weight is 543 g/mol. The number of hydrogen-bond acceptors (Lipinski definition) is 6. The molecule has 1 saturated heterocycles. The van der Waals surface area contributed by atoms with Crippen LogP contribution >= 0.6 is 27.7 Å². The van der Waals surface area contributed by atoms with Crippen LogP contribution in [0.4, 0.5) is 10.1 Å². The first-order valence-corrected chi connectivity index (χ1v) is 11.7. The number of amidine groups is 1. The van der Waals surface area contributed by atoms with Gasteiger partial charge in [-0.2, -0.15) is 0 Å². The molecular formula is C25H20BrFN2O4S. The largest absolute Gasteiger partial charge is 0.497 e. The van der Waals surface area contributed by atoms with E-state index >= 15 is 0 Å². The molecule has 0 atom stereocenters. The summed E-state index contributed by atoms with van der Waals surface area (Å²) >= 11 is 4.77. The topological polar surface area (TPSA) is 69.2 Å². The molecule has 3 aromatic carbocycles. The van der Waals surface area contributed by atoms with Gasteiger partial charge in [0.2, 0.25) is 0 Å². The summed E-state index contributed by atoms with van der Waals surface area (Å²) in [5, 5.41) is 3.27. The minimum Gasteiger partial charge on any atom is -0.497 e. The van der Waals surface area contributed by atoms with Crippen LogP contribution in [-0.2, 0) is 11.4 Å². The maximum absolute atomic E-state index is 13.1. The van der Waals surface area contributed by atoms with E-state index in [1.54, 1.807) is 50.6 Å². The molecule has 0 aliphatic carbocycles.